The number of rotatable bonds is 16. The third-order valence-electron chi connectivity index (χ3n) is 5.16. The van der Waals surface area contributed by atoms with E-state index in [0.717, 1.165) is 26.8 Å². The van der Waals surface area contributed by atoms with Crippen LogP contribution in [0.4, 0.5) is 0 Å². The minimum atomic E-state index is -0.101. The molecule has 0 saturated carbocycles. The fourth-order valence-electron chi connectivity index (χ4n) is 3.34. The van der Waals surface area contributed by atoms with Crippen molar-refractivity contribution in [1.29, 1.82) is 0 Å². The Labute approximate surface area is 223 Å². The largest absolute Gasteiger partial charge is 0.396 e. The van der Waals surface area contributed by atoms with Crippen molar-refractivity contribution in [3.63, 3.8) is 0 Å². The number of carbonyl (C=O) groups excluding carboxylic acids is 2. The predicted octanol–water partition coefficient (Wildman–Crippen LogP) is 5.16. The maximum atomic E-state index is 12.7. The van der Waals surface area contributed by atoms with Gasteiger partial charge in [-0.1, -0.05) is 56.1 Å². The quantitative estimate of drug-likeness (QED) is 0.120. The van der Waals surface area contributed by atoms with Crippen LogP contribution in [0.5, 0.6) is 0 Å². The van der Waals surface area contributed by atoms with Gasteiger partial charge in [0.25, 0.3) is 0 Å². The van der Waals surface area contributed by atoms with Crippen molar-refractivity contribution in [3.05, 3.63) is 92.1 Å². The second kappa shape index (κ2) is 16.4. The van der Waals surface area contributed by atoms with E-state index in [1.54, 1.807) is 24.3 Å². The van der Waals surface area contributed by atoms with Crippen molar-refractivity contribution in [2.75, 3.05) is 26.3 Å². The van der Waals surface area contributed by atoms with Crippen LogP contribution in [0.2, 0.25) is 0 Å². The molecule has 2 rings (SSSR count). The Balaban J connectivity index is 1.94. The molecule has 8 heteroatoms. The fraction of sp³-hybridized carbons (Fsp3) is 0.333. The van der Waals surface area contributed by atoms with E-state index in [4.69, 9.17) is 0 Å². The molecule has 0 saturated heterocycles. The van der Waals surface area contributed by atoms with Gasteiger partial charge >= 0.3 is 0 Å². The number of carbonyl (C=O) groups is 2. The van der Waals surface area contributed by atoms with Crippen molar-refractivity contribution in [3.8, 4) is 0 Å². The molecule has 0 aliphatic rings. The predicted molar refractivity (Wildman–Crippen MR) is 146 cm³/mol. The summed E-state index contributed by atoms with van der Waals surface area (Å²) in [4.78, 5) is 25.4. The Morgan fingerprint density at radius 1 is 0.686 bits per heavy atom. The Kier molecular flexibility index (Phi) is 13.6. The van der Waals surface area contributed by atoms with Gasteiger partial charge in [0.05, 0.1) is 0 Å². The van der Waals surface area contributed by atoms with Gasteiger partial charge in [0.2, 0.25) is 0 Å². The molecular formula is C27H32Br2N2O4. The number of aliphatic hydroxyl groups excluding tert-OH is 2. The zero-order chi connectivity index (χ0) is 25.5. The Hall–Kier alpha value is -2.26. The highest BCUT2D eigenvalue weighted by Gasteiger charge is 2.10. The van der Waals surface area contributed by atoms with Gasteiger partial charge in [-0.15, -0.1) is 0 Å². The zero-order valence-corrected chi connectivity index (χ0v) is 22.8. The molecule has 0 aliphatic heterocycles. The van der Waals surface area contributed by atoms with Crippen molar-refractivity contribution in [1.82, 2.24) is 10.6 Å². The summed E-state index contributed by atoms with van der Waals surface area (Å²) in [6, 6.07) is 14.6. The molecule has 0 fully saturated rings. The molecule has 6 nitrogen and oxygen atoms in total. The lowest BCUT2D eigenvalue weighted by atomic mass is 10.1. The second-order valence-corrected chi connectivity index (χ2v) is 9.60. The second-order valence-electron chi connectivity index (χ2n) is 7.89. The highest BCUT2D eigenvalue weighted by molar-refractivity contribution is 9.10. The van der Waals surface area contributed by atoms with Gasteiger partial charge in [0.1, 0.15) is 0 Å². The lowest BCUT2D eigenvalue weighted by Gasteiger charge is -2.13. The first kappa shape index (κ1) is 29.0. The number of benzene rings is 2. The number of halogens is 2. The van der Waals surface area contributed by atoms with Crippen molar-refractivity contribution in [2.24, 2.45) is 0 Å². The van der Waals surface area contributed by atoms with Crippen molar-refractivity contribution < 1.29 is 19.8 Å². The maximum Gasteiger partial charge on any atom is 0.188 e. The van der Waals surface area contributed by atoms with Gasteiger partial charge in [-0.25, -0.2) is 0 Å². The normalized spacial score (nSPS) is 11.9. The molecule has 188 valence electrons. The van der Waals surface area contributed by atoms with E-state index >= 15 is 0 Å². The monoisotopic (exact) mass is 606 g/mol. The standard InChI is InChI=1S/C27H32Br2N2O4/c28-24-12-3-1-10-22(24)26(34)18-20(8-5-16-32)30-14-7-15-31-21(9-6-17-33)19-27(35)23-11-2-4-13-25(23)29/h1-4,10-13,18-19,30-33H,5-9,14-17H2/b20-18-,21-19-. The fourth-order valence-corrected chi connectivity index (χ4v) is 4.30. The average Bonchev–Trinajstić information content (AvgIpc) is 2.85. The number of nitrogens with one attached hydrogen (secondary N) is 2. The third kappa shape index (κ3) is 10.5. The summed E-state index contributed by atoms with van der Waals surface area (Å²) >= 11 is 6.83. The average molecular weight is 608 g/mol. The van der Waals surface area contributed by atoms with Gasteiger partial charge < -0.3 is 20.8 Å². The van der Waals surface area contributed by atoms with Crippen LogP contribution in [0.15, 0.2) is 81.0 Å². The van der Waals surface area contributed by atoms with Crippen LogP contribution in [0.25, 0.3) is 0 Å². The van der Waals surface area contributed by atoms with E-state index in [1.165, 1.54) is 0 Å². The van der Waals surface area contributed by atoms with Crippen LogP contribution in [-0.4, -0.2) is 48.1 Å². The Morgan fingerprint density at radius 2 is 1.09 bits per heavy atom. The first-order valence-corrected chi connectivity index (χ1v) is 13.2. The molecule has 0 bridgehead atoms. The molecule has 0 heterocycles. The van der Waals surface area contributed by atoms with E-state index in [0.29, 0.717) is 49.9 Å². The summed E-state index contributed by atoms with van der Waals surface area (Å²) in [5, 5.41) is 25.0. The number of allylic oxidation sites excluding steroid dienone is 4. The highest BCUT2D eigenvalue weighted by atomic mass is 79.9. The molecule has 2 aromatic carbocycles. The van der Waals surface area contributed by atoms with Crippen LogP contribution in [0, 0.1) is 0 Å². The van der Waals surface area contributed by atoms with E-state index in [2.05, 4.69) is 42.5 Å². The van der Waals surface area contributed by atoms with E-state index < -0.39 is 0 Å². The molecule has 0 aromatic heterocycles. The highest BCUT2D eigenvalue weighted by Crippen LogP contribution is 2.19. The molecule has 35 heavy (non-hydrogen) atoms. The minimum absolute atomic E-state index is 0.0500. The molecule has 0 aliphatic carbocycles. The Morgan fingerprint density at radius 3 is 1.46 bits per heavy atom. The lowest BCUT2D eigenvalue weighted by Crippen LogP contribution is -2.23. The van der Waals surface area contributed by atoms with Crippen LogP contribution >= 0.6 is 31.9 Å². The number of hydrogen-bond donors (Lipinski definition) is 4. The first-order chi connectivity index (χ1) is 17.0. The first-order valence-electron chi connectivity index (χ1n) is 11.6. The van der Waals surface area contributed by atoms with Gasteiger partial charge in [-0.2, -0.15) is 0 Å². The molecule has 0 amide bonds. The van der Waals surface area contributed by atoms with Gasteiger partial charge in [0, 0.05) is 69.9 Å². The van der Waals surface area contributed by atoms with Gasteiger partial charge in [-0.05, 0) is 56.4 Å². The summed E-state index contributed by atoms with van der Waals surface area (Å²) < 4.78 is 1.48. The summed E-state index contributed by atoms with van der Waals surface area (Å²) in [5.74, 6) is -0.202. The van der Waals surface area contributed by atoms with Crippen molar-refractivity contribution in [2.45, 2.75) is 32.1 Å². The minimum Gasteiger partial charge on any atom is -0.396 e. The zero-order valence-electron chi connectivity index (χ0n) is 19.6. The van der Waals surface area contributed by atoms with E-state index in [9.17, 15) is 19.8 Å². The summed E-state index contributed by atoms with van der Waals surface area (Å²) in [5.41, 5.74) is 2.73. The van der Waals surface area contributed by atoms with Crippen molar-refractivity contribution >= 4 is 43.4 Å². The molecular weight excluding hydrogens is 576 g/mol. The smallest absolute Gasteiger partial charge is 0.188 e. The van der Waals surface area contributed by atoms with Gasteiger partial charge in [-0.3, -0.25) is 9.59 Å². The van der Waals surface area contributed by atoms with Crippen LogP contribution in [0.3, 0.4) is 0 Å². The number of hydrogen-bond acceptors (Lipinski definition) is 6. The Bertz CT molecular complexity index is 956. The number of aliphatic hydroxyl groups is 2. The maximum absolute atomic E-state index is 12.7. The molecule has 4 N–H and O–H groups in total. The molecule has 0 radical (unpaired) electrons. The molecule has 0 spiro atoms. The molecule has 0 unspecified atom stereocenters. The topological polar surface area (TPSA) is 98.7 Å². The number of ketones is 2. The van der Waals surface area contributed by atoms with E-state index in [1.807, 2.05) is 36.4 Å². The summed E-state index contributed by atoms with van der Waals surface area (Å²) in [6.07, 6.45) is 6.19. The summed E-state index contributed by atoms with van der Waals surface area (Å²) in [6.45, 7) is 1.35. The van der Waals surface area contributed by atoms with Gasteiger partial charge in [0.15, 0.2) is 11.6 Å². The summed E-state index contributed by atoms with van der Waals surface area (Å²) in [7, 11) is 0. The third-order valence-corrected chi connectivity index (χ3v) is 6.54. The van der Waals surface area contributed by atoms with E-state index in [-0.39, 0.29) is 24.8 Å². The van der Waals surface area contributed by atoms with Crippen LogP contribution in [0.1, 0.15) is 52.8 Å². The molecule has 0 atom stereocenters. The lowest BCUT2D eigenvalue weighted by molar-refractivity contribution is 0.103. The SMILES string of the molecule is O=C(/C=C(/CCCO)NCCCN/C(=C\C(=O)c1ccccc1Br)CCCO)c1ccccc1Br. The molecule has 2 aromatic rings. The van der Waals surface area contributed by atoms with Crippen LogP contribution in [-0.2, 0) is 0 Å². The van der Waals surface area contributed by atoms with Crippen LogP contribution < -0.4 is 10.6 Å².